The Morgan fingerprint density at radius 3 is 3.05 bits per heavy atom. The van der Waals surface area contributed by atoms with Crippen molar-refractivity contribution in [3.63, 3.8) is 0 Å². The number of carbonyl (C=O) groups is 2. The minimum absolute atomic E-state index is 0.0391. The first-order chi connectivity index (χ1) is 9.61. The summed E-state index contributed by atoms with van der Waals surface area (Å²) in [4.78, 5) is 23.7. The summed E-state index contributed by atoms with van der Waals surface area (Å²) in [7, 11) is 1.34. The van der Waals surface area contributed by atoms with E-state index in [9.17, 15) is 9.59 Å². The van der Waals surface area contributed by atoms with Crippen LogP contribution in [0.25, 0.3) is 10.9 Å². The molecule has 3 rings (SSSR count). The number of hydrogen-bond acceptors (Lipinski definition) is 3. The number of fused-ring (bicyclic) bond motifs is 3. The number of carbonyl (C=O) groups excluding carboxylic acids is 2. The topological polar surface area (TPSA) is 60.3 Å². The van der Waals surface area contributed by atoms with Crippen LogP contribution in [0.4, 0.5) is 0 Å². The van der Waals surface area contributed by atoms with Crippen molar-refractivity contribution < 1.29 is 14.3 Å². The maximum absolute atomic E-state index is 12.1. The van der Waals surface area contributed by atoms with Crippen LogP contribution in [0.3, 0.4) is 0 Å². The van der Waals surface area contributed by atoms with Crippen molar-refractivity contribution in [3.05, 3.63) is 33.9 Å². The molecule has 1 aromatic heterocycles. The van der Waals surface area contributed by atoms with Crippen LogP contribution in [0, 0.1) is 0 Å². The highest BCUT2D eigenvalue weighted by atomic mass is 79.9. The van der Waals surface area contributed by atoms with E-state index in [1.165, 1.54) is 7.11 Å². The molecule has 0 radical (unpaired) electrons. The van der Waals surface area contributed by atoms with Crippen LogP contribution in [0.15, 0.2) is 22.7 Å². The molecule has 1 aromatic carbocycles. The highest BCUT2D eigenvalue weighted by molar-refractivity contribution is 9.10. The van der Waals surface area contributed by atoms with Gasteiger partial charge in [0, 0.05) is 21.9 Å². The predicted octanol–water partition coefficient (Wildman–Crippen LogP) is 1.86. The maximum Gasteiger partial charge on any atom is 0.325 e. The second-order valence-electron chi connectivity index (χ2n) is 4.66. The van der Waals surface area contributed by atoms with E-state index < -0.39 is 0 Å². The van der Waals surface area contributed by atoms with Gasteiger partial charge < -0.3 is 14.6 Å². The number of benzene rings is 1. The third-order valence-corrected chi connectivity index (χ3v) is 4.01. The molecule has 2 heterocycles. The zero-order valence-electron chi connectivity index (χ0n) is 10.9. The van der Waals surface area contributed by atoms with E-state index in [0.717, 1.165) is 27.4 Å². The molecule has 104 valence electrons. The molecule has 2 aromatic rings. The molecule has 1 amide bonds. The summed E-state index contributed by atoms with van der Waals surface area (Å²) < 4.78 is 7.41. The van der Waals surface area contributed by atoms with Gasteiger partial charge in [0.05, 0.1) is 7.11 Å². The lowest BCUT2D eigenvalue weighted by Crippen LogP contribution is -2.34. The summed E-state index contributed by atoms with van der Waals surface area (Å²) in [6.07, 6.45) is 0.766. The summed E-state index contributed by atoms with van der Waals surface area (Å²) in [5.74, 6) is -0.506. The molecular weight excluding hydrogens is 324 g/mol. The van der Waals surface area contributed by atoms with Crippen molar-refractivity contribution in [3.8, 4) is 0 Å². The van der Waals surface area contributed by atoms with E-state index >= 15 is 0 Å². The average molecular weight is 337 g/mol. The number of hydrogen-bond donors (Lipinski definition) is 1. The van der Waals surface area contributed by atoms with Gasteiger partial charge in [-0.3, -0.25) is 9.59 Å². The molecule has 0 fully saturated rings. The normalized spacial score (nSPS) is 14.0. The van der Waals surface area contributed by atoms with Crippen molar-refractivity contribution in [2.75, 3.05) is 13.7 Å². The summed E-state index contributed by atoms with van der Waals surface area (Å²) >= 11 is 3.45. The first-order valence-electron chi connectivity index (χ1n) is 6.27. The Hall–Kier alpha value is -1.82. The van der Waals surface area contributed by atoms with Crippen molar-refractivity contribution in [1.29, 1.82) is 0 Å². The largest absolute Gasteiger partial charge is 0.468 e. The van der Waals surface area contributed by atoms with Crippen molar-refractivity contribution in [1.82, 2.24) is 9.88 Å². The second kappa shape index (κ2) is 4.94. The number of nitrogens with zero attached hydrogens (tertiary/aromatic N) is 1. The van der Waals surface area contributed by atoms with Crippen LogP contribution < -0.4 is 5.32 Å². The maximum atomic E-state index is 12.1. The van der Waals surface area contributed by atoms with Gasteiger partial charge in [0.25, 0.3) is 5.91 Å². The standard InChI is InChI=1S/C14H13BrN2O3/c1-20-12(18)7-17-11-3-2-8(15)6-10(11)9-4-5-16-14(19)13(9)17/h2-3,6H,4-5,7H2,1H3,(H,16,19). The Morgan fingerprint density at radius 1 is 1.50 bits per heavy atom. The Bertz CT molecular complexity index is 721. The van der Waals surface area contributed by atoms with Crippen LogP contribution in [0.2, 0.25) is 0 Å². The molecule has 5 nitrogen and oxygen atoms in total. The number of esters is 1. The van der Waals surface area contributed by atoms with E-state index in [1.807, 2.05) is 18.2 Å². The summed E-state index contributed by atoms with van der Waals surface area (Å²) in [5.41, 5.74) is 2.43. The number of amides is 1. The Balaban J connectivity index is 2.28. The number of aromatic nitrogens is 1. The molecule has 1 aliphatic heterocycles. The van der Waals surface area contributed by atoms with Crippen molar-refractivity contribution >= 4 is 38.7 Å². The van der Waals surface area contributed by atoms with E-state index in [-0.39, 0.29) is 18.4 Å². The molecule has 0 saturated heterocycles. The molecule has 0 spiro atoms. The van der Waals surface area contributed by atoms with E-state index in [1.54, 1.807) is 4.57 Å². The zero-order chi connectivity index (χ0) is 14.3. The molecule has 0 saturated carbocycles. The Kier molecular flexibility index (Phi) is 3.25. The van der Waals surface area contributed by atoms with Crippen LogP contribution in [-0.2, 0) is 22.5 Å². The molecule has 1 aliphatic rings. The molecule has 20 heavy (non-hydrogen) atoms. The van der Waals surface area contributed by atoms with Gasteiger partial charge in [-0.15, -0.1) is 0 Å². The fraction of sp³-hybridized carbons (Fsp3) is 0.286. The number of methoxy groups -OCH3 is 1. The van der Waals surface area contributed by atoms with Crippen LogP contribution in [0.1, 0.15) is 16.1 Å². The van der Waals surface area contributed by atoms with Crippen molar-refractivity contribution in [2.24, 2.45) is 0 Å². The second-order valence-corrected chi connectivity index (χ2v) is 5.57. The average Bonchev–Trinajstić information content (AvgIpc) is 2.74. The third-order valence-electron chi connectivity index (χ3n) is 3.52. The quantitative estimate of drug-likeness (QED) is 0.851. The Morgan fingerprint density at radius 2 is 2.30 bits per heavy atom. The van der Waals surface area contributed by atoms with Gasteiger partial charge in [0.1, 0.15) is 12.2 Å². The third kappa shape index (κ3) is 2.00. The number of rotatable bonds is 2. The lowest BCUT2D eigenvalue weighted by atomic mass is 10.0. The summed E-state index contributed by atoms with van der Waals surface area (Å²) in [5, 5.41) is 3.83. The highest BCUT2D eigenvalue weighted by Crippen LogP contribution is 2.30. The van der Waals surface area contributed by atoms with Crippen LogP contribution in [-0.4, -0.2) is 30.1 Å². The molecule has 0 bridgehead atoms. The van der Waals surface area contributed by atoms with Gasteiger partial charge in [-0.05, 0) is 30.2 Å². The summed E-state index contributed by atoms with van der Waals surface area (Å²) in [6, 6.07) is 5.80. The van der Waals surface area contributed by atoms with E-state index in [2.05, 4.69) is 21.2 Å². The zero-order valence-corrected chi connectivity index (χ0v) is 12.5. The van der Waals surface area contributed by atoms with Crippen LogP contribution >= 0.6 is 15.9 Å². The SMILES string of the molecule is COC(=O)Cn1c2c(c3cc(Br)ccc31)CCNC2=O. The smallest absolute Gasteiger partial charge is 0.325 e. The summed E-state index contributed by atoms with van der Waals surface area (Å²) in [6.45, 7) is 0.660. The van der Waals surface area contributed by atoms with Gasteiger partial charge in [0.2, 0.25) is 0 Å². The fourth-order valence-electron chi connectivity index (χ4n) is 2.65. The molecule has 0 atom stereocenters. The Labute approximate surface area is 124 Å². The number of ether oxygens (including phenoxy) is 1. The first-order valence-corrected chi connectivity index (χ1v) is 7.06. The van der Waals surface area contributed by atoms with E-state index in [0.29, 0.717) is 12.2 Å². The van der Waals surface area contributed by atoms with Gasteiger partial charge >= 0.3 is 5.97 Å². The van der Waals surface area contributed by atoms with Gasteiger partial charge in [-0.2, -0.15) is 0 Å². The van der Waals surface area contributed by atoms with Gasteiger partial charge in [-0.1, -0.05) is 15.9 Å². The molecule has 1 N–H and O–H groups in total. The number of nitrogens with one attached hydrogen (secondary N) is 1. The molecule has 6 heteroatoms. The van der Waals surface area contributed by atoms with Crippen molar-refractivity contribution in [2.45, 2.75) is 13.0 Å². The fourth-order valence-corrected chi connectivity index (χ4v) is 3.01. The van der Waals surface area contributed by atoms with E-state index in [4.69, 9.17) is 4.74 Å². The van der Waals surface area contributed by atoms with Gasteiger partial charge in [-0.25, -0.2) is 0 Å². The van der Waals surface area contributed by atoms with Crippen LogP contribution in [0.5, 0.6) is 0 Å². The lowest BCUT2D eigenvalue weighted by Gasteiger charge is -2.15. The predicted molar refractivity (Wildman–Crippen MR) is 77.7 cm³/mol. The minimum Gasteiger partial charge on any atom is -0.468 e. The molecule has 0 aliphatic carbocycles. The monoisotopic (exact) mass is 336 g/mol. The number of halogens is 1. The molecular formula is C14H13BrN2O3. The molecule has 0 unspecified atom stereocenters. The van der Waals surface area contributed by atoms with Gasteiger partial charge in [0.15, 0.2) is 0 Å². The minimum atomic E-state index is -0.369. The first kappa shape index (κ1) is 13.2. The highest BCUT2D eigenvalue weighted by Gasteiger charge is 2.26. The lowest BCUT2D eigenvalue weighted by molar-refractivity contribution is -0.141.